The average molecular weight is 478 g/mol. The van der Waals surface area contributed by atoms with Crippen LogP contribution in [0.25, 0.3) is 0 Å². The summed E-state index contributed by atoms with van der Waals surface area (Å²) in [4.78, 5) is 24.1. The van der Waals surface area contributed by atoms with Gasteiger partial charge in [-0.25, -0.2) is 12.8 Å². The summed E-state index contributed by atoms with van der Waals surface area (Å²) in [6.07, 6.45) is 0. The number of hydrogen-bond donors (Lipinski definition) is 3. The molecule has 3 aromatic carbocycles. The number of carbonyl (C=O) groups is 2. The minimum absolute atomic E-state index is 0.00863. The number of anilines is 1. The van der Waals surface area contributed by atoms with E-state index >= 15 is 0 Å². The number of ether oxygens (including phenoxy) is 1. The molecule has 3 rings (SSSR count). The zero-order valence-electron chi connectivity index (χ0n) is 16.6. The van der Waals surface area contributed by atoms with Crippen molar-refractivity contribution in [1.29, 1.82) is 0 Å². The number of methoxy groups -OCH3 is 1. The lowest BCUT2D eigenvalue weighted by molar-refractivity contribution is 0.0846. The standard InChI is InChI=1S/C21H17ClFN3O5S/c1-31-18-8-3-2-7-17(18)26-32(29,30)19-12-14(9-10-16(19)22)21(28)25-24-20(27)13-5-4-6-15(23)11-13/h2-12,26H,1H3,(H,24,27)(H,25,28). The van der Waals surface area contributed by atoms with E-state index in [9.17, 15) is 22.4 Å². The van der Waals surface area contributed by atoms with Gasteiger partial charge in [-0.05, 0) is 48.5 Å². The van der Waals surface area contributed by atoms with Crippen LogP contribution in [-0.2, 0) is 10.0 Å². The summed E-state index contributed by atoms with van der Waals surface area (Å²) < 4.78 is 46.5. The van der Waals surface area contributed by atoms with E-state index in [2.05, 4.69) is 15.6 Å². The van der Waals surface area contributed by atoms with Crippen molar-refractivity contribution in [3.05, 3.63) is 88.7 Å². The smallest absolute Gasteiger partial charge is 0.269 e. The van der Waals surface area contributed by atoms with Crippen LogP contribution < -0.4 is 20.3 Å². The second-order valence-electron chi connectivity index (χ2n) is 6.37. The third-order valence-corrected chi connectivity index (χ3v) is 6.06. The van der Waals surface area contributed by atoms with Crippen molar-refractivity contribution in [3.8, 4) is 5.75 Å². The zero-order valence-corrected chi connectivity index (χ0v) is 18.1. The van der Waals surface area contributed by atoms with Gasteiger partial charge in [0, 0.05) is 11.1 Å². The monoisotopic (exact) mass is 477 g/mol. The van der Waals surface area contributed by atoms with Crippen LogP contribution in [0.5, 0.6) is 5.75 Å². The van der Waals surface area contributed by atoms with Gasteiger partial charge in [0.05, 0.1) is 17.8 Å². The number of halogens is 2. The van der Waals surface area contributed by atoms with Gasteiger partial charge in [0.2, 0.25) is 0 Å². The summed E-state index contributed by atoms with van der Waals surface area (Å²) in [7, 11) is -2.79. The molecule has 166 valence electrons. The van der Waals surface area contributed by atoms with Crippen molar-refractivity contribution in [3.63, 3.8) is 0 Å². The van der Waals surface area contributed by atoms with Gasteiger partial charge in [-0.1, -0.05) is 29.8 Å². The lowest BCUT2D eigenvalue weighted by Gasteiger charge is -2.13. The zero-order chi connectivity index (χ0) is 23.3. The molecule has 0 atom stereocenters. The first kappa shape index (κ1) is 23.0. The molecule has 8 nitrogen and oxygen atoms in total. The van der Waals surface area contributed by atoms with E-state index in [0.717, 1.165) is 12.1 Å². The number of amides is 2. The minimum Gasteiger partial charge on any atom is -0.495 e. The average Bonchev–Trinajstić information content (AvgIpc) is 2.77. The van der Waals surface area contributed by atoms with E-state index in [4.69, 9.17) is 16.3 Å². The van der Waals surface area contributed by atoms with Crippen LogP contribution >= 0.6 is 11.6 Å². The van der Waals surface area contributed by atoms with Gasteiger partial charge in [-0.2, -0.15) is 0 Å². The molecule has 0 unspecified atom stereocenters. The van der Waals surface area contributed by atoms with Gasteiger partial charge in [0.1, 0.15) is 16.5 Å². The maximum atomic E-state index is 13.2. The third kappa shape index (κ3) is 5.34. The Morgan fingerprint density at radius 2 is 1.56 bits per heavy atom. The number of nitrogens with one attached hydrogen (secondary N) is 3. The van der Waals surface area contributed by atoms with E-state index in [-0.39, 0.29) is 26.7 Å². The quantitative estimate of drug-likeness (QED) is 0.471. The van der Waals surface area contributed by atoms with Crippen LogP contribution in [-0.4, -0.2) is 27.3 Å². The van der Waals surface area contributed by atoms with Gasteiger partial charge in [0.15, 0.2) is 0 Å². The molecule has 2 amide bonds. The van der Waals surface area contributed by atoms with Crippen molar-refractivity contribution >= 4 is 39.1 Å². The van der Waals surface area contributed by atoms with Gasteiger partial charge < -0.3 is 4.74 Å². The molecule has 0 saturated heterocycles. The third-order valence-electron chi connectivity index (χ3n) is 4.21. The Balaban J connectivity index is 1.78. The molecule has 3 N–H and O–H groups in total. The van der Waals surface area contributed by atoms with Crippen LogP contribution in [0.1, 0.15) is 20.7 Å². The van der Waals surface area contributed by atoms with Gasteiger partial charge in [-0.3, -0.25) is 25.2 Å². The van der Waals surface area contributed by atoms with Crippen LogP contribution in [0, 0.1) is 5.82 Å². The molecule has 32 heavy (non-hydrogen) atoms. The van der Waals surface area contributed by atoms with Crippen LogP contribution in [0.4, 0.5) is 10.1 Å². The molecule has 3 aromatic rings. The van der Waals surface area contributed by atoms with Crippen molar-refractivity contribution in [1.82, 2.24) is 10.9 Å². The Labute approximate surface area is 188 Å². The second-order valence-corrected chi connectivity index (χ2v) is 8.43. The summed E-state index contributed by atoms with van der Waals surface area (Å²) in [6.45, 7) is 0. The van der Waals surface area contributed by atoms with Gasteiger partial charge in [0.25, 0.3) is 21.8 Å². The number of hydrazine groups is 1. The summed E-state index contributed by atoms with van der Waals surface area (Å²) >= 11 is 6.06. The highest BCUT2D eigenvalue weighted by Crippen LogP contribution is 2.29. The molecule has 0 saturated carbocycles. The summed E-state index contributed by atoms with van der Waals surface area (Å²) in [5, 5.41) is -0.118. The van der Waals surface area contributed by atoms with Crippen molar-refractivity contribution in [2.24, 2.45) is 0 Å². The van der Waals surface area contributed by atoms with E-state index in [0.29, 0.717) is 5.75 Å². The first-order valence-corrected chi connectivity index (χ1v) is 10.9. The highest BCUT2D eigenvalue weighted by Gasteiger charge is 2.22. The first-order chi connectivity index (χ1) is 15.2. The molecule has 0 spiro atoms. The van der Waals surface area contributed by atoms with Crippen molar-refractivity contribution in [2.75, 3.05) is 11.8 Å². The molecule has 0 aliphatic heterocycles. The number of para-hydroxylation sites is 2. The Morgan fingerprint density at radius 3 is 2.22 bits per heavy atom. The molecular weight excluding hydrogens is 461 g/mol. The predicted octanol–water partition coefficient (Wildman–Crippen LogP) is 3.36. The largest absolute Gasteiger partial charge is 0.495 e. The molecule has 0 radical (unpaired) electrons. The molecule has 0 aromatic heterocycles. The number of carbonyl (C=O) groups excluding carboxylic acids is 2. The topological polar surface area (TPSA) is 114 Å². The highest BCUT2D eigenvalue weighted by molar-refractivity contribution is 7.92. The Bertz CT molecular complexity index is 1280. The Kier molecular flexibility index (Phi) is 6.96. The minimum atomic E-state index is -4.18. The first-order valence-electron chi connectivity index (χ1n) is 9.03. The van der Waals surface area contributed by atoms with E-state index in [1.807, 2.05) is 0 Å². The molecule has 0 aliphatic rings. The fourth-order valence-corrected chi connectivity index (χ4v) is 4.26. The van der Waals surface area contributed by atoms with Gasteiger partial charge >= 0.3 is 0 Å². The number of hydrogen-bond acceptors (Lipinski definition) is 5. The van der Waals surface area contributed by atoms with Crippen LogP contribution in [0.15, 0.2) is 71.6 Å². The molecule has 0 heterocycles. The Morgan fingerprint density at radius 1 is 0.906 bits per heavy atom. The van der Waals surface area contributed by atoms with Crippen LogP contribution in [0.3, 0.4) is 0 Å². The predicted molar refractivity (Wildman–Crippen MR) is 117 cm³/mol. The van der Waals surface area contributed by atoms with Crippen molar-refractivity contribution < 1.29 is 27.1 Å². The summed E-state index contributed by atoms with van der Waals surface area (Å²) in [5.74, 6) is -1.88. The molecule has 0 bridgehead atoms. The number of benzene rings is 3. The van der Waals surface area contributed by atoms with E-state index < -0.39 is 27.7 Å². The van der Waals surface area contributed by atoms with Gasteiger partial charge in [-0.15, -0.1) is 0 Å². The Hall–Kier alpha value is -3.63. The highest BCUT2D eigenvalue weighted by atomic mass is 35.5. The molecule has 0 aliphatic carbocycles. The fourth-order valence-electron chi connectivity index (χ4n) is 2.67. The fraction of sp³-hybridized carbons (Fsp3) is 0.0476. The summed E-state index contributed by atoms with van der Waals surface area (Å²) in [5.41, 5.74) is 4.36. The lowest BCUT2D eigenvalue weighted by atomic mass is 10.2. The maximum Gasteiger partial charge on any atom is 0.269 e. The second kappa shape index (κ2) is 9.67. The molecule has 11 heteroatoms. The molecule has 0 fully saturated rings. The van der Waals surface area contributed by atoms with E-state index in [1.54, 1.807) is 18.2 Å². The van der Waals surface area contributed by atoms with E-state index in [1.165, 1.54) is 43.5 Å². The SMILES string of the molecule is COc1ccccc1NS(=O)(=O)c1cc(C(=O)NNC(=O)c2cccc(F)c2)ccc1Cl. The number of sulfonamides is 1. The normalized spacial score (nSPS) is 10.8. The number of rotatable bonds is 6. The van der Waals surface area contributed by atoms with Crippen molar-refractivity contribution in [2.45, 2.75) is 4.90 Å². The summed E-state index contributed by atoms with van der Waals surface area (Å²) in [6, 6.07) is 14.8. The van der Waals surface area contributed by atoms with Crippen LogP contribution in [0.2, 0.25) is 5.02 Å². The lowest BCUT2D eigenvalue weighted by Crippen LogP contribution is -2.41. The molecular formula is C21H17ClFN3O5S. The maximum absolute atomic E-state index is 13.2.